The van der Waals surface area contributed by atoms with Crippen molar-refractivity contribution < 1.29 is 4.79 Å². The molecule has 1 aromatic carbocycles. The molecule has 0 spiro atoms. The molecule has 21 heavy (non-hydrogen) atoms. The van der Waals surface area contributed by atoms with Crippen LogP contribution in [0.15, 0.2) is 43.0 Å². The first-order valence-electron chi connectivity index (χ1n) is 7.36. The molecule has 1 unspecified atom stereocenters. The lowest BCUT2D eigenvalue weighted by Crippen LogP contribution is -2.40. The number of amides is 1. The average Bonchev–Trinajstić information content (AvgIpc) is 3.18. The van der Waals surface area contributed by atoms with Gasteiger partial charge in [-0.25, -0.2) is 4.98 Å². The van der Waals surface area contributed by atoms with Crippen LogP contribution in [0.5, 0.6) is 0 Å². The van der Waals surface area contributed by atoms with Crippen LogP contribution in [0.3, 0.4) is 0 Å². The molecule has 0 radical (unpaired) electrons. The summed E-state index contributed by atoms with van der Waals surface area (Å²) >= 11 is 0. The van der Waals surface area contributed by atoms with Gasteiger partial charge in [-0.05, 0) is 30.5 Å². The van der Waals surface area contributed by atoms with Crippen LogP contribution in [-0.4, -0.2) is 28.0 Å². The van der Waals surface area contributed by atoms with E-state index < -0.39 is 0 Å². The number of imidazole rings is 1. The summed E-state index contributed by atoms with van der Waals surface area (Å²) in [7, 11) is 0. The van der Waals surface area contributed by atoms with E-state index in [9.17, 15) is 4.79 Å². The predicted octanol–water partition coefficient (Wildman–Crippen LogP) is 1.30. The van der Waals surface area contributed by atoms with E-state index >= 15 is 0 Å². The van der Waals surface area contributed by atoms with Crippen molar-refractivity contribution in [2.45, 2.75) is 32.0 Å². The highest BCUT2D eigenvalue weighted by molar-refractivity contribution is 5.81. The normalized spacial score (nSPS) is 17.8. The molecule has 1 aromatic heterocycles. The Kier molecular flexibility index (Phi) is 4.31. The Morgan fingerprint density at radius 3 is 3.10 bits per heavy atom. The summed E-state index contributed by atoms with van der Waals surface area (Å²) in [5, 5.41) is 6.22. The second kappa shape index (κ2) is 6.54. The van der Waals surface area contributed by atoms with Crippen LogP contribution in [0.1, 0.15) is 24.0 Å². The molecule has 0 bridgehead atoms. The Labute approximate surface area is 124 Å². The lowest BCUT2D eigenvalue weighted by molar-refractivity contribution is -0.122. The molecule has 2 N–H and O–H groups in total. The number of carbonyl (C=O) groups is 1. The summed E-state index contributed by atoms with van der Waals surface area (Å²) in [6.45, 7) is 2.32. The van der Waals surface area contributed by atoms with Gasteiger partial charge in [-0.2, -0.15) is 0 Å². The van der Waals surface area contributed by atoms with Crippen LogP contribution in [0.25, 0.3) is 0 Å². The highest BCUT2D eigenvalue weighted by Crippen LogP contribution is 2.08. The molecule has 1 fully saturated rings. The van der Waals surface area contributed by atoms with Crippen LogP contribution >= 0.6 is 0 Å². The van der Waals surface area contributed by atoms with E-state index in [-0.39, 0.29) is 11.9 Å². The molecule has 1 aliphatic rings. The van der Waals surface area contributed by atoms with Crippen molar-refractivity contribution in [1.82, 2.24) is 20.2 Å². The third-order valence-corrected chi connectivity index (χ3v) is 3.76. The summed E-state index contributed by atoms with van der Waals surface area (Å²) in [4.78, 5) is 16.0. The third-order valence-electron chi connectivity index (χ3n) is 3.76. The molecule has 5 heteroatoms. The molecule has 3 rings (SSSR count). The average molecular weight is 284 g/mol. The summed E-state index contributed by atoms with van der Waals surface area (Å²) in [6.07, 6.45) is 7.55. The van der Waals surface area contributed by atoms with Crippen molar-refractivity contribution in [1.29, 1.82) is 0 Å². The number of carbonyl (C=O) groups excluding carboxylic acids is 1. The molecule has 0 aliphatic carbocycles. The van der Waals surface area contributed by atoms with E-state index in [4.69, 9.17) is 0 Å². The second-order valence-electron chi connectivity index (χ2n) is 5.42. The standard InChI is InChI=1S/C16H20N4O/c21-16(15-5-2-6-18-15)19-10-13-3-1-4-14(9-13)11-20-8-7-17-12-20/h1,3-4,7-9,12,15,18H,2,5-6,10-11H2,(H,19,21). The Balaban J connectivity index is 1.56. The fourth-order valence-corrected chi connectivity index (χ4v) is 2.65. The van der Waals surface area contributed by atoms with E-state index in [0.29, 0.717) is 6.54 Å². The van der Waals surface area contributed by atoms with Gasteiger partial charge in [0.15, 0.2) is 0 Å². The van der Waals surface area contributed by atoms with Gasteiger partial charge in [-0.1, -0.05) is 24.3 Å². The van der Waals surface area contributed by atoms with Gasteiger partial charge < -0.3 is 15.2 Å². The lowest BCUT2D eigenvalue weighted by Gasteiger charge is -2.12. The number of benzene rings is 1. The van der Waals surface area contributed by atoms with Gasteiger partial charge in [0.1, 0.15) is 0 Å². The van der Waals surface area contributed by atoms with E-state index in [1.54, 1.807) is 12.5 Å². The molecule has 5 nitrogen and oxygen atoms in total. The van der Waals surface area contributed by atoms with Gasteiger partial charge in [0.25, 0.3) is 0 Å². The highest BCUT2D eigenvalue weighted by atomic mass is 16.2. The molecule has 1 aliphatic heterocycles. The van der Waals surface area contributed by atoms with Crippen molar-refractivity contribution in [3.05, 3.63) is 54.1 Å². The quantitative estimate of drug-likeness (QED) is 0.870. The van der Waals surface area contributed by atoms with E-state index in [1.165, 1.54) is 5.56 Å². The first-order chi connectivity index (χ1) is 10.3. The Morgan fingerprint density at radius 1 is 1.43 bits per heavy atom. The zero-order valence-electron chi connectivity index (χ0n) is 12.0. The maximum Gasteiger partial charge on any atom is 0.237 e. The van der Waals surface area contributed by atoms with Gasteiger partial charge >= 0.3 is 0 Å². The van der Waals surface area contributed by atoms with E-state index in [0.717, 1.165) is 31.5 Å². The molecule has 110 valence electrons. The molecule has 2 aromatic rings. The Bertz CT molecular complexity index is 588. The number of nitrogens with zero attached hydrogens (tertiary/aromatic N) is 2. The first kappa shape index (κ1) is 13.8. The largest absolute Gasteiger partial charge is 0.351 e. The summed E-state index contributed by atoms with van der Waals surface area (Å²) in [5.41, 5.74) is 2.33. The minimum atomic E-state index is -0.0147. The summed E-state index contributed by atoms with van der Waals surface area (Å²) in [6, 6.07) is 8.27. The number of hydrogen-bond acceptors (Lipinski definition) is 3. The molecule has 1 saturated heterocycles. The van der Waals surface area contributed by atoms with Crippen LogP contribution < -0.4 is 10.6 Å². The molecular weight excluding hydrogens is 264 g/mol. The van der Waals surface area contributed by atoms with Gasteiger partial charge in [-0.3, -0.25) is 4.79 Å². The monoisotopic (exact) mass is 284 g/mol. The van der Waals surface area contributed by atoms with Crippen LogP contribution in [-0.2, 0) is 17.9 Å². The maximum absolute atomic E-state index is 12.0. The number of nitrogens with one attached hydrogen (secondary N) is 2. The molecule has 2 heterocycles. The SMILES string of the molecule is O=C(NCc1cccc(Cn2ccnc2)c1)C1CCCN1. The summed E-state index contributed by atoms with van der Waals surface area (Å²) < 4.78 is 2.03. The van der Waals surface area contributed by atoms with Crippen molar-refractivity contribution >= 4 is 5.91 Å². The minimum Gasteiger partial charge on any atom is -0.351 e. The first-order valence-corrected chi connectivity index (χ1v) is 7.36. The minimum absolute atomic E-state index is 0.0147. The maximum atomic E-state index is 12.0. The van der Waals surface area contributed by atoms with E-state index in [2.05, 4.69) is 27.8 Å². The van der Waals surface area contributed by atoms with Gasteiger partial charge in [-0.15, -0.1) is 0 Å². The fraction of sp³-hybridized carbons (Fsp3) is 0.375. The van der Waals surface area contributed by atoms with Gasteiger partial charge in [0, 0.05) is 25.5 Å². The topological polar surface area (TPSA) is 59.0 Å². The fourth-order valence-electron chi connectivity index (χ4n) is 2.65. The van der Waals surface area contributed by atoms with Crippen LogP contribution in [0.2, 0.25) is 0 Å². The molecule has 0 saturated carbocycles. The van der Waals surface area contributed by atoms with Crippen LogP contribution in [0, 0.1) is 0 Å². The van der Waals surface area contributed by atoms with Crippen molar-refractivity contribution in [3.63, 3.8) is 0 Å². The zero-order chi connectivity index (χ0) is 14.5. The third kappa shape index (κ3) is 3.70. The van der Waals surface area contributed by atoms with Gasteiger partial charge in [0.05, 0.1) is 12.4 Å². The molecular formula is C16H20N4O. The number of hydrogen-bond donors (Lipinski definition) is 2. The van der Waals surface area contributed by atoms with E-state index in [1.807, 2.05) is 22.9 Å². The second-order valence-corrected chi connectivity index (χ2v) is 5.42. The zero-order valence-corrected chi connectivity index (χ0v) is 12.0. The summed E-state index contributed by atoms with van der Waals surface area (Å²) in [5.74, 6) is 0.104. The Morgan fingerprint density at radius 2 is 2.33 bits per heavy atom. The smallest absolute Gasteiger partial charge is 0.237 e. The van der Waals surface area contributed by atoms with Crippen molar-refractivity contribution in [2.75, 3.05) is 6.54 Å². The number of aromatic nitrogens is 2. The van der Waals surface area contributed by atoms with Crippen molar-refractivity contribution in [2.24, 2.45) is 0 Å². The number of rotatable bonds is 5. The van der Waals surface area contributed by atoms with Crippen molar-refractivity contribution in [3.8, 4) is 0 Å². The van der Waals surface area contributed by atoms with Crippen LogP contribution in [0.4, 0.5) is 0 Å². The molecule has 1 amide bonds. The predicted molar refractivity (Wildman–Crippen MR) is 80.6 cm³/mol. The highest BCUT2D eigenvalue weighted by Gasteiger charge is 2.21. The Hall–Kier alpha value is -2.14. The van der Waals surface area contributed by atoms with Gasteiger partial charge in [0.2, 0.25) is 5.91 Å². The molecule has 1 atom stereocenters. The lowest BCUT2D eigenvalue weighted by atomic mass is 10.1.